The van der Waals surface area contributed by atoms with Crippen LogP contribution in [0.2, 0.25) is 0 Å². The smallest absolute Gasteiger partial charge is 0.410 e. The van der Waals surface area contributed by atoms with Crippen LogP contribution in [0.5, 0.6) is 0 Å². The fourth-order valence-corrected chi connectivity index (χ4v) is 2.68. The number of carbonyl (C=O) groups is 2. The molecule has 1 aliphatic heterocycles. The van der Waals surface area contributed by atoms with Crippen LogP contribution >= 0.6 is 0 Å². The van der Waals surface area contributed by atoms with Crippen molar-refractivity contribution in [1.29, 1.82) is 0 Å². The van der Waals surface area contributed by atoms with Gasteiger partial charge in [0.05, 0.1) is 25.2 Å². The van der Waals surface area contributed by atoms with Crippen molar-refractivity contribution in [3.63, 3.8) is 0 Å². The third-order valence-corrected chi connectivity index (χ3v) is 3.88. The SMILES string of the molecule is CCCCCOC1CN(C(=O)OC(C)(C)C)CCC1C(=O)OCC. The van der Waals surface area contributed by atoms with E-state index >= 15 is 0 Å². The zero-order valence-electron chi connectivity index (χ0n) is 15.8. The predicted octanol–water partition coefficient (Wildman–Crippen LogP) is 3.38. The number of piperidine rings is 1. The number of esters is 1. The van der Waals surface area contributed by atoms with Crippen molar-refractivity contribution >= 4 is 12.1 Å². The maximum atomic E-state index is 12.3. The van der Waals surface area contributed by atoms with Gasteiger partial charge in [0.1, 0.15) is 5.60 Å². The van der Waals surface area contributed by atoms with Crippen LogP contribution in [0.4, 0.5) is 4.79 Å². The third kappa shape index (κ3) is 7.07. The molecule has 140 valence electrons. The minimum absolute atomic E-state index is 0.234. The molecule has 6 nitrogen and oxygen atoms in total. The van der Waals surface area contributed by atoms with Crippen LogP contribution in [0.15, 0.2) is 0 Å². The summed E-state index contributed by atoms with van der Waals surface area (Å²) >= 11 is 0. The lowest BCUT2D eigenvalue weighted by Crippen LogP contribution is -2.51. The van der Waals surface area contributed by atoms with Crippen molar-refractivity contribution in [3.05, 3.63) is 0 Å². The Bertz CT molecular complexity index is 405. The Labute approximate surface area is 145 Å². The molecule has 1 aliphatic rings. The third-order valence-electron chi connectivity index (χ3n) is 3.88. The van der Waals surface area contributed by atoms with E-state index in [-0.39, 0.29) is 24.1 Å². The lowest BCUT2D eigenvalue weighted by Gasteiger charge is -2.37. The van der Waals surface area contributed by atoms with Gasteiger partial charge in [-0.3, -0.25) is 4.79 Å². The normalized spacial score (nSPS) is 21.5. The molecule has 2 unspecified atom stereocenters. The van der Waals surface area contributed by atoms with Gasteiger partial charge in [0, 0.05) is 13.2 Å². The Morgan fingerprint density at radius 2 is 1.88 bits per heavy atom. The average molecular weight is 343 g/mol. The topological polar surface area (TPSA) is 65.1 Å². The monoisotopic (exact) mass is 343 g/mol. The summed E-state index contributed by atoms with van der Waals surface area (Å²) in [5.41, 5.74) is -0.535. The highest BCUT2D eigenvalue weighted by molar-refractivity contribution is 5.74. The molecule has 1 amide bonds. The molecule has 0 aromatic carbocycles. The molecule has 1 saturated heterocycles. The summed E-state index contributed by atoms with van der Waals surface area (Å²) in [4.78, 5) is 26.1. The van der Waals surface area contributed by atoms with Crippen LogP contribution < -0.4 is 0 Å². The number of unbranched alkanes of at least 4 members (excludes halogenated alkanes) is 2. The van der Waals surface area contributed by atoms with E-state index < -0.39 is 5.60 Å². The zero-order valence-corrected chi connectivity index (χ0v) is 15.8. The maximum absolute atomic E-state index is 12.3. The summed E-state index contributed by atoms with van der Waals surface area (Å²) in [6, 6.07) is 0. The molecule has 0 spiro atoms. The van der Waals surface area contributed by atoms with Gasteiger partial charge in [0.2, 0.25) is 0 Å². The van der Waals surface area contributed by atoms with E-state index in [1.54, 1.807) is 11.8 Å². The molecule has 24 heavy (non-hydrogen) atoms. The fourth-order valence-electron chi connectivity index (χ4n) is 2.68. The minimum atomic E-state index is -0.535. The summed E-state index contributed by atoms with van der Waals surface area (Å²) in [6.07, 6.45) is 3.01. The van der Waals surface area contributed by atoms with E-state index in [4.69, 9.17) is 14.2 Å². The average Bonchev–Trinajstić information content (AvgIpc) is 2.50. The van der Waals surface area contributed by atoms with Crippen molar-refractivity contribution in [1.82, 2.24) is 4.90 Å². The quantitative estimate of drug-likeness (QED) is 0.524. The summed E-state index contributed by atoms with van der Waals surface area (Å²) in [5.74, 6) is -0.549. The van der Waals surface area contributed by atoms with Crippen molar-refractivity contribution in [2.45, 2.75) is 72.0 Å². The van der Waals surface area contributed by atoms with Crippen LogP contribution in [0, 0.1) is 5.92 Å². The minimum Gasteiger partial charge on any atom is -0.466 e. The zero-order chi connectivity index (χ0) is 18.2. The summed E-state index contributed by atoms with van der Waals surface area (Å²) in [5, 5.41) is 0. The summed E-state index contributed by atoms with van der Waals surface area (Å²) in [7, 11) is 0. The van der Waals surface area contributed by atoms with Gasteiger partial charge >= 0.3 is 12.1 Å². The van der Waals surface area contributed by atoms with E-state index in [1.165, 1.54) is 0 Å². The number of likely N-dealkylation sites (tertiary alicyclic amines) is 1. The number of hydrogen-bond acceptors (Lipinski definition) is 5. The molecule has 0 saturated carbocycles. The van der Waals surface area contributed by atoms with Gasteiger partial charge in [-0.05, 0) is 40.5 Å². The molecule has 1 rings (SSSR count). The molecule has 0 aromatic heterocycles. The summed E-state index contributed by atoms with van der Waals surface area (Å²) in [6.45, 7) is 11.2. The van der Waals surface area contributed by atoms with Gasteiger partial charge in [-0.25, -0.2) is 4.79 Å². The maximum Gasteiger partial charge on any atom is 0.410 e. The molecular formula is C18H33NO5. The van der Waals surface area contributed by atoms with Gasteiger partial charge in [-0.1, -0.05) is 19.8 Å². The lowest BCUT2D eigenvalue weighted by molar-refractivity contribution is -0.157. The van der Waals surface area contributed by atoms with Crippen LogP contribution in [0.1, 0.15) is 60.3 Å². The number of ether oxygens (including phenoxy) is 3. The molecule has 0 radical (unpaired) electrons. The Kier molecular flexibility index (Phi) is 8.53. The number of nitrogens with zero attached hydrogens (tertiary/aromatic N) is 1. The van der Waals surface area contributed by atoms with Crippen LogP contribution in [-0.2, 0) is 19.0 Å². The largest absolute Gasteiger partial charge is 0.466 e. The van der Waals surface area contributed by atoms with Crippen LogP contribution in [0.25, 0.3) is 0 Å². The first kappa shape index (κ1) is 20.7. The summed E-state index contributed by atoms with van der Waals surface area (Å²) < 4.78 is 16.5. The second-order valence-corrected chi connectivity index (χ2v) is 7.19. The highest BCUT2D eigenvalue weighted by Gasteiger charge is 2.38. The van der Waals surface area contributed by atoms with Crippen molar-refractivity contribution < 1.29 is 23.8 Å². The molecule has 1 heterocycles. The fraction of sp³-hybridized carbons (Fsp3) is 0.889. The van der Waals surface area contributed by atoms with Crippen LogP contribution in [-0.4, -0.2) is 55.0 Å². The first-order chi connectivity index (χ1) is 11.3. The molecule has 0 bridgehead atoms. The molecule has 0 N–H and O–H groups in total. The highest BCUT2D eigenvalue weighted by Crippen LogP contribution is 2.24. The highest BCUT2D eigenvalue weighted by atomic mass is 16.6. The molecular weight excluding hydrogens is 310 g/mol. The van der Waals surface area contributed by atoms with E-state index in [0.717, 1.165) is 19.3 Å². The van der Waals surface area contributed by atoms with E-state index in [0.29, 0.717) is 32.7 Å². The van der Waals surface area contributed by atoms with E-state index in [2.05, 4.69) is 6.92 Å². The van der Waals surface area contributed by atoms with Crippen LogP contribution in [0.3, 0.4) is 0 Å². The van der Waals surface area contributed by atoms with Crippen molar-refractivity contribution in [2.75, 3.05) is 26.3 Å². The van der Waals surface area contributed by atoms with Crippen molar-refractivity contribution in [3.8, 4) is 0 Å². The first-order valence-corrected chi connectivity index (χ1v) is 9.04. The van der Waals surface area contributed by atoms with E-state index in [1.807, 2.05) is 20.8 Å². The molecule has 2 atom stereocenters. The molecule has 0 aliphatic carbocycles. The van der Waals surface area contributed by atoms with Gasteiger partial charge in [0.25, 0.3) is 0 Å². The second kappa shape index (κ2) is 9.87. The number of rotatable bonds is 7. The Balaban J connectivity index is 2.67. The molecule has 1 fully saturated rings. The van der Waals surface area contributed by atoms with Gasteiger partial charge < -0.3 is 19.1 Å². The second-order valence-electron chi connectivity index (χ2n) is 7.19. The number of carbonyl (C=O) groups excluding carboxylic acids is 2. The molecule has 6 heteroatoms. The van der Waals surface area contributed by atoms with E-state index in [9.17, 15) is 9.59 Å². The van der Waals surface area contributed by atoms with Gasteiger partial charge in [0.15, 0.2) is 0 Å². The molecule has 0 aromatic rings. The Morgan fingerprint density at radius 3 is 2.46 bits per heavy atom. The number of hydrogen-bond donors (Lipinski definition) is 0. The lowest BCUT2D eigenvalue weighted by atomic mass is 9.94. The number of amides is 1. The Hall–Kier alpha value is -1.30. The standard InChI is InChI=1S/C18H33NO5/c1-6-8-9-12-23-15-13-19(17(21)24-18(3,4)5)11-10-14(15)16(20)22-7-2/h14-15H,6-13H2,1-5H3. The first-order valence-electron chi connectivity index (χ1n) is 9.04. The Morgan fingerprint density at radius 1 is 1.17 bits per heavy atom. The van der Waals surface area contributed by atoms with Gasteiger partial charge in [-0.15, -0.1) is 0 Å². The van der Waals surface area contributed by atoms with Crippen molar-refractivity contribution in [2.24, 2.45) is 5.92 Å². The predicted molar refractivity (Wildman–Crippen MR) is 91.8 cm³/mol. The van der Waals surface area contributed by atoms with Gasteiger partial charge in [-0.2, -0.15) is 0 Å².